The molecule has 118 valence electrons. The van der Waals surface area contributed by atoms with E-state index in [1.165, 1.54) is 0 Å². The second kappa shape index (κ2) is 7.98. The van der Waals surface area contributed by atoms with Gasteiger partial charge in [0.15, 0.2) is 17.5 Å². The van der Waals surface area contributed by atoms with Crippen molar-refractivity contribution in [2.75, 3.05) is 41.9 Å². The van der Waals surface area contributed by atoms with Gasteiger partial charge in [-0.2, -0.15) is 0 Å². The SMILES string of the molecule is CCOc1c(Cl)cc(CN=C(N(C)C)N(C)C)cc1OC. The molecule has 0 amide bonds. The average Bonchev–Trinajstić information content (AvgIpc) is 2.40. The van der Waals surface area contributed by atoms with Gasteiger partial charge in [0.05, 0.1) is 25.3 Å². The molecule has 0 saturated heterocycles. The van der Waals surface area contributed by atoms with Crippen LogP contribution in [-0.4, -0.2) is 57.7 Å². The maximum atomic E-state index is 6.26. The summed E-state index contributed by atoms with van der Waals surface area (Å²) >= 11 is 6.26. The third kappa shape index (κ3) is 4.70. The van der Waals surface area contributed by atoms with Gasteiger partial charge in [0.25, 0.3) is 0 Å². The van der Waals surface area contributed by atoms with E-state index in [9.17, 15) is 0 Å². The minimum atomic E-state index is 0.522. The second-order valence-corrected chi connectivity index (χ2v) is 5.35. The van der Waals surface area contributed by atoms with Gasteiger partial charge < -0.3 is 19.3 Å². The van der Waals surface area contributed by atoms with Crippen molar-refractivity contribution in [2.45, 2.75) is 13.5 Å². The Morgan fingerprint density at radius 3 is 2.29 bits per heavy atom. The van der Waals surface area contributed by atoms with E-state index in [2.05, 4.69) is 4.99 Å². The van der Waals surface area contributed by atoms with E-state index in [4.69, 9.17) is 21.1 Å². The molecule has 0 aliphatic carbocycles. The van der Waals surface area contributed by atoms with Crippen LogP contribution in [0.3, 0.4) is 0 Å². The Bertz CT molecular complexity index is 492. The monoisotopic (exact) mass is 313 g/mol. The summed E-state index contributed by atoms with van der Waals surface area (Å²) in [7, 11) is 9.45. The Morgan fingerprint density at radius 1 is 1.19 bits per heavy atom. The Hall–Kier alpha value is -1.62. The normalized spacial score (nSPS) is 10.0. The first kappa shape index (κ1) is 17.4. The lowest BCUT2D eigenvalue weighted by molar-refractivity contribution is 0.311. The summed E-state index contributed by atoms with van der Waals surface area (Å²) < 4.78 is 10.8. The highest BCUT2D eigenvalue weighted by Gasteiger charge is 2.12. The van der Waals surface area contributed by atoms with Crippen LogP contribution in [0, 0.1) is 0 Å². The molecule has 21 heavy (non-hydrogen) atoms. The lowest BCUT2D eigenvalue weighted by atomic mass is 10.2. The first-order valence-corrected chi connectivity index (χ1v) is 7.16. The molecule has 0 N–H and O–H groups in total. The number of aliphatic imine (C=N–C) groups is 1. The van der Waals surface area contributed by atoms with Crippen LogP contribution in [0.5, 0.6) is 11.5 Å². The van der Waals surface area contributed by atoms with Gasteiger partial charge in [-0.3, -0.25) is 0 Å². The van der Waals surface area contributed by atoms with Gasteiger partial charge in [-0.05, 0) is 24.6 Å². The Morgan fingerprint density at radius 2 is 1.81 bits per heavy atom. The standard InChI is InChI=1S/C15H24ClN3O2/c1-7-21-14-12(16)8-11(9-13(14)20-6)10-17-15(18(2)3)19(4)5/h8-9H,7,10H2,1-6H3. The van der Waals surface area contributed by atoms with Gasteiger partial charge in [-0.1, -0.05) is 11.6 Å². The van der Waals surface area contributed by atoms with Crippen LogP contribution in [0.1, 0.15) is 12.5 Å². The number of halogens is 1. The van der Waals surface area contributed by atoms with Gasteiger partial charge in [0, 0.05) is 28.2 Å². The van der Waals surface area contributed by atoms with Crippen LogP contribution in [0.2, 0.25) is 5.02 Å². The van der Waals surface area contributed by atoms with Crippen molar-refractivity contribution in [2.24, 2.45) is 4.99 Å². The summed E-state index contributed by atoms with van der Waals surface area (Å²) in [6, 6.07) is 3.77. The molecular weight excluding hydrogens is 290 g/mol. The lowest BCUT2D eigenvalue weighted by Crippen LogP contribution is -2.35. The number of guanidine groups is 1. The van der Waals surface area contributed by atoms with Crippen LogP contribution in [-0.2, 0) is 6.54 Å². The first-order chi connectivity index (χ1) is 9.90. The van der Waals surface area contributed by atoms with E-state index in [1.54, 1.807) is 7.11 Å². The summed E-state index contributed by atoms with van der Waals surface area (Å²) in [5.41, 5.74) is 0.974. The molecule has 0 atom stereocenters. The Labute approximate surface area is 132 Å². The molecule has 0 fully saturated rings. The highest BCUT2D eigenvalue weighted by Crippen LogP contribution is 2.36. The van der Waals surface area contributed by atoms with Crippen molar-refractivity contribution < 1.29 is 9.47 Å². The number of hydrogen-bond acceptors (Lipinski definition) is 3. The van der Waals surface area contributed by atoms with Crippen molar-refractivity contribution in [3.05, 3.63) is 22.7 Å². The average molecular weight is 314 g/mol. The Balaban J connectivity index is 3.04. The molecule has 0 radical (unpaired) electrons. The van der Waals surface area contributed by atoms with Gasteiger partial charge in [-0.25, -0.2) is 4.99 Å². The molecule has 0 aromatic heterocycles. The molecule has 0 spiro atoms. The van der Waals surface area contributed by atoms with Crippen LogP contribution >= 0.6 is 11.6 Å². The van der Waals surface area contributed by atoms with Crippen molar-refractivity contribution in [1.82, 2.24) is 9.80 Å². The van der Waals surface area contributed by atoms with E-state index >= 15 is 0 Å². The Kier molecular flexibility index (Phi) is 6.62. The fraction of sp³-hybridized carbons (Fsp3) is 0.533. The zero-order valence-corrected chi connectivity index (χ0v) is 14.4. The van der Waals surface area contributed by atoms with Crippen molar-refractivity contribution in [1.29, 1.82) is 0 Å². The molecule has 1 aromatic rings. The van der Waals surface area contributed by atoms with E-state index in [-0.39, 0.29) is 0 Å². The summed E-state index contributed by atoms with van der Waals surface area (Å²) in [6.45, 7) is 2.97. The summed E-state index contributed by atoms with van der Waals surface area (Å²) in [5, 5.41) is 0.539. The first-order valence-electron chi connectivity index (χ1n) is 6.79. The van der Waals surface area contributed by atoms with Gasteiger partial charge in [0.2, 0.25) is 0 Å². The zero-order valence-electron chi connectivity index (χ0n) is 13.6. The maximum absolute atomic E-state index is 6.26. The second-order valence-electron chi connectivity index (χ2n) is 4.95. The molecule has 1 rings (SSSR count). The summed E-state index contributed by atoms with van der Waals surface area (Å²) in [4.78, 5) is 8.53. The molecular formula is C15H24ClN3O2. The van der Waals surface area contributed by atoms with Crippen LogP contribution < -0.4 is 9.47 Å². The molecule has 0 heterocycles. The minimum Gasteiger partial charge on any atom is -0.493 e. The highest BCUT2D eigenvalue weighted by atomic mass is 35.5. The van der Waals surface area contributed by atoms with Gasteiger partial charge >= 0.3 is 0 Å². The minimum absolute atomic E-state index is 0.522. The van der Waals surface area contributed by atoms with Gasteiger partial charge in [-0.15, -0.1) is 0 Å². The predicted molar refractivity (Wildman–Crippen MR) is 87.7 cm³/mol. The molecule has 0 aliphatic heterocycles. The smallest absolute Gasteiger partial charge is 0.195 e. The highest BCUT2D eigenvalue weighted by molar-refractivity contribution is 6.32. The van der Waals surface area contributed by atoms with Crippen molar-refractivity contribution in [3.8, 4) is 11.5 Å². The van der Waals surface area contributed by atoms with E-state index < -0.39 is 0 Å². The number of benzene rings is 1. The molecule has 5 nitrogen and oxygen atoms in total. The van der Waals surface area contributed by atoms with E-state index in [1.807, 2.05) is 57.0 Å². The fourth-order valence-corrected chi connectivity index (χ4v) is 2.28. The largest absolute Gasteiger partial charge is 0.493 e. The molecule has 0 unspecified atom stereocenters. The van der Waals surface area contributed by atoms with E-state index in [0.717, 1.165) is 11.5 Å². The number of ether oxygens (including phenoxy) is 2. The summed E-state index contributed by atoms with van der Waals surface area (Å²) in [5.74, 6) is 2.10. The summed E-state index contributed by atoms with van der Waals surface area (Å²) in [6.07, 6.45) is 0. The maximum Gasteiger partial charge on any atom is 0.195 e. The van der Waals surface area contributed by atoms with Crippen molar-refractivity contribution >= 4 is 17.6 Å². The molecule has 6 heteroatoms. The molecule has 0 bridgehead atoms. The lowest BCUT2D eigenvalue weighted by Gasteiger charge is -2.22. The van der Waals surface area contributed by atoms with Crippen molar-refractivity contribution in [3.63, 3.8) is 0 Å². The van der Waals surface area contributed by atoms with Crippen LogP contribution in [0.4, 0.5) is 0 Å². The molecule has 0 saturated carbocycles. The topological polar surface area (TPSA) is 37.3 Å². The number of methoxy groups -OCH3 is 1. The van der Waals surface area contributed by atoms with Crippen LogP contribution in [0.25, 0.3) is 0 Å². The number of rotatable bonds is 5. The number of hydrogen-bond donors (Lipinski definition) is 0. The third-order valence-corrected chi connectivity index (χ3v) is 3.06. The predicted octanol–water partition coefficient (Wildman–Crippen LogP) is 2.73. The van der Waals surface area contributed by atoms with E-state index in [0.29, 0.717) is 29.7 Å². The third-order valence-electron chi connectivity index (χ3n) is 2.78. The molecule has 1 aromatic carbocycles. The van der Waals surface area contributed by atoms with Crippen LogP contribution in [0.15, 0.2) is 17.1 Å². The zero-order chi connectivity index (χ0) is 16.0. The molecule has 0 aliphatic rings. The fourth-order valence-electron chi connectivity index (χ4n) is 1.99. The number of nitrogens with zero attached hydrogens (tertiary/aromatic N) is 3. The van der Waals surface area contributed by atoms with Gasteiger partial charge in [0.1, 0.15) is 0 Å². The quantitative estimate of drug-likeness (QED) is 0.619.